The van der Waals surface area contributed by atoms with Crippen LogP contribution in [0.25, 0.3) is 0 Å². The largest absolute Gasteiger partial charge is 0.348 e. The van der Waals surface area contributed by atoms with E-state index in [1.807, 2.05) is 0 Å². The van der Waals surface area contributed by atoms with Crippen LogP contribution in [-0.4, -0.2) is 58.9 Å². The third-order valence-corrected chi connectivity index (χ3v) is 5.79. The number of hydrogen-bond acceptors (Lipinski definition) is 4. The van der Waals surface area contributed by atoms with E-state index in [-0.39, 0.29) is 23.4 Å². The Morgan fingerprint density at radius 3 is 2.55 bits per heavy atom. The average Bonchev–Trinajstić information content (AvgIpc) is 3.25. The van der Waals surface area contributed by atoms with Crippen molar-refractivity contribution in [1.29, 1.82) is 0 Å². The summed E-state index contributed by atoms with van der Waals surface area (Å²) in [5.74, 6) is 0.272. The van der Waals surface area contributed by atoms with E-state index in [9.17, 15) is 14.0 Å². The van der Waals surface area contributed by atoms with Gasteiger partial charge in [-0.3, -0.25) is 9.59 Å². The molecule has 1 aromatic heterocycles. The quantitative estimate of drug-likeness (QED) is 0.734. The van der Waals surface area contributed by atoms with Gasteiger partial charge in [0.25, 0.3) is 11.8 Å². The molecule has 3 N–H and O–H groups in total. The van der Waals surface area contributed by atoms with E-state index >= 15 is 0 Å². The average molecular weight is 399 g/mol. The highest BCUT2D eigenvalue weighted by Crippen LogP contribution is 2.22. The van der Waals surface area contributed by atoms with Crippen molar-refractivity contribution in [1.82, 2.24) is 25.5 Å². The highest BCUT2D eigenvalue weighted by Gasteiger charge is 2.27. The fourth-order valence-corrected chi connectivity index (χ4v) is 4.05. The molecule has 0 unspecified atom stereocenters. The van der Waals surface area contributed by atoms with Crippen LogP contribution in [-0.2, 0) is 0 Å². The number of halogens is 1. The number of rotatable bonds is 4. The van der Waals surface area contributed by atoms with Gasteiger partial charge in [0.05, 0.1) is 11.8 Å². The standard InChI is InChI=1S/C21H26FN5O2/c22-17-4-2-1-3-16(17)21(29)27-11-7-15(8-12-27)25-20(28)18-13-24-19(26-18)14-5-9-23-10-6-14/h1-4,13-15,23H,5-12H2,(H,24,26)(H,25,28). The van der Waals surface area contributed by atoms with Crippen LogP contribution in [0.1, 0.15) is 58.3 Å². The number of aromatic nitrogens is 2. The smallest absolute Gasteiger partial charge is 0.269 e. The molecule has 2 saturated heterocycles. The fourth-order valence-electron chi connectivity index (χ4n) is 4.05. The number of likely N-dealkylation sites (tertiary alicyclic amines) is 1. The molecule has 2 aromatic rings. The van der Waals surface area contributed by atoms with Gasteiger partial charge < -0.3 is 20.5 Å². The lowest BCUT2D eigenvalue weighted by molar-refractivity contribution is 0.0693. The molecule has 0 bridgehead atoms. The van der Waals surface area contributed by atoms with Crippen LogP contribution in [0, 0.1) is 5.82 Å². The zero-order chi connectivity index (χ0) is 20.2. The van der Waals surface area contributed by atoms with Crippen LogP contribution in [0.15, 0.2) is 30.5 Å². The van der Waals surface area contributed by atoms with Gasteiger partial charge in [-0.2, -0.15) is 0 Å². The van der Waals surface area contributed by atoms with Crippen LogP contribution in [0.3, 0.4) is 0 Å². The number of aromatic amines is 1. The van der Waals surface area contributed by atoms with E-state index in [4.69, 9.17) is 0 Å². The number of carbonyl (C=O) groups excluding carboxylic acids is 2. The van der Waals surface area contributed by atoms with Gasteiger partial charge in [0.2, 0.25) is 0 Å². The Morgan fingerprint density at radius 1 is 1.10 bits per heavy atom. The van der Waals surface area contributed by atoms with Crippen molar-refractivity contribution in [2.75, 3.05) is 26.2 Å². The fraction of sp³-hybridized carbons (Fsp3) is 0.476. The Labute approximate surface area is 169 Å². The summed E-state index contributed by atoms with van der Waals surface area (Å²) in [5, 5.41) is 6.35. The van der Waals surface area contributed by atoms with E-state index < -0.39 is 5.82 Å². The minimum absolute atomic E-state index is 0.0159. The summed E-state index contributed by atoms with van der Waals surface area (Å²) >= 11 is 0. The second kappa shape index (κ2) is 8.73. The predicted molar refractivity (Wildman–Crippen MR) is 106 cm³/mol. The monoisotopic (exact) mass is 399 g/mol. The molecule has 2 fully saturated rings. The molecule has 8 heteroatoms. The molecule has 0 atom stereocenters. The minimum Gasteiger partial charge on any atom is -0.348 e. The second-order valence-corrected chi connectivity index (χ2v) is 7.73. The first-order chi connectivity index (χ1) is 14.1. The molecule has 2 amide bonds. The minimum atomic E-state index is -0.503. The SMILES string of the molecule is O=C(NC1CCN(C(=O)c2ccccc2F)CC1)c1cnc(C2CCNCC2)[nH]1. The molecule has 1 aromatic carbocycles. The molecule has 2 aliphatic heterocycles. The van der Waals surface area contributed by atoms with Crippen LogP contribution in [0.5, 0.6) is 0 Å². The van der Waals surface area contributed by atoms with Crippen LogP contribution in [0.4, 0.5) is 4.39 Å². The molecule has 3 heterocycles. The zero-order valence-electron chi connectivity index (χ0n) is 16.3. The van der Waals surface area contributed by atoms with Gasteiger partial charge in [-0.15, -0.1) is 0 Å². The molecular formula is C21H26FN5O2. The Hall–Kier alpha value is -2.74. The Morgan fingerprint density at radius 2 is 1.83 bits per heavy atom. The van der Waals surface area contributed by atoms with Gasteiger partial charge in [0.1, 0.15) is 17.3 Å². The van der Waals surface area contributed by atoms with Gasteiger partial charge in [-0.05, 0) is 50.9 Å². The highest BCUT2D eigenvalue weighted by molar-refractivity contribution is 5.94. The van der Waals surface area contributed by atoms with Crippen molar-refractivity contribution in [3.63, 3.8) is 0 Å². The number of carbonyl (C=O) groups is 2. The third-order valence-electron chi connectivity index (χ3n) is 5.79. The number of hydrogen-bond donors (Lipinski definition) is 3. The van der Waals surface area contributed by atoms with Crippen LogP contribution in [0.2, 0.25) is 0 Å². The molecule has 0 radical (unpaired) electrons. The van der Waals surface area contributed by atoms with Crippen molar-refractivity contribution in [3.05, 3.63) is 53.4 Å². The second-order valence-electron chi connectivity index (χ2n) is 7.73. The topological polar surface area (TPSA) is 90.1 Å². The molecule has 7 nitrogen and oxygen atoms in total. The van der Waals surface area contributed by atoms with Crippen molar-refractivity contribution < 1.29 is 14.0 Å². The number of imidazole rings is 1. The summed E-state index contributed by atoms with van der Waals surface area (Å²) in [7, 11) is 0. The predicted octanol–water partition coefficient (Wildman–Crippen LogP) is 2.05. The first kappa shape index (κ1) is 19.6. The summed E-state index contributed by atoms with van der Waals surface area (Å²) < 4.78 is 13.9. The highest BCUT2D eigenvalue weighted by atomic mass is 19.1. The van der Waals surface area contributed by atoms with E-state index in [2.05, 4.69) is 20.6 Å². The van der Waals surface area contributed by atoms with E-state index in [1.54, 1.807) is 23.2 Å². The number of piperidine rings is 2. The van der Waals surface area contributed by atoms with E-state index in [0.717, 1.165) is 31.8 Å². The maximum absolute atomic E-state index is 13.9. The number of nitrogens with zero attached hydrogens (tertiary/aromatic N) is 2. The first-order valence-corrected chi connectivity index (χ1v) is 10.2. The molecule has 0 aliphatic carbocycles. The number of nitrogens with one attached hydrogen (secondary N) is 3. The number of amides is 2. The van der Waals surface area contributed by atoms with Crippen molar-refractivity contribution in [2.45, 2.75) is 37.6 Å². The third kappa shape index (κ3) is 4.48. The van der Waals surface area contributed by atoms with Crippen molar-refractivity contribution in [2.24, 2.45) is 0 Å². The number of H-pyrrole nitrogens is 1. The van der Waals surface area contributed by atoms with E-state index in [0.29, 0.717) is 37.5 Å². The van der Waals surface area contributed by atoms with Gasteiger partial charge in [-0.1, -0.05) is 12.1 Å². The van der Waals surface area contributed by atoms with Gasteiger partial charge in [0.15, 0.2) is 0 Å². The summed E-state index contributed by atoms with van der Waals surface area (Å²) in [6.45, 7) is 2.91. The van der Waals surface area contributed by atoms with Gasteiger partial charge in [0, 0.05) is 25.0 Å². The van der Waals surface area contributed by atoms with Crippen molar-refractivity contribution in [3.8, 4) is 0 Å². The molecule has 0 saturated carbocycles. The molecule has 2 aliphatic rings. The van der Waals surface area contributed by atoms with Crippen LogP contribution >= 0.6 is 0 Å². The normalized spacial score (nSPS) is 18.6. The zero-order valence-corrected chi connectivity index (χ0v) is 16.3. The Balaban J connectivity index is 1.29. The van der Waals surface area contributed by atoms with E-state index in [1.165, 1.54) is 12.1 Å². The van der Waals surface area contributed by atoms with Gasteiger partial charge >= 0.3 is 0 Å². The summed E-state index contributed by atoms with van der Waals surface area (Å²) in [5.41, 5.74) is 0.571. The maximum atomic E-state index is 13.9. The lowest BCUT2D eigenvalue weighted by Crippen LogP contribution is -2.46. The first-order valence-electron chi connectivity index (χ1n) is 10.2. The molecule has 29 heavy (non-hydrogen) atoms. The molecule has 4 rings (SSSR count). The summed E-state index contributed by atoms with van der Waals surface area (Å²) in [6.07, 6.45) is 4.91. The molecule has 0 spiro atoms. The Bertz CT molecular complexity index is 869. The summed E-state index contributed by atoms with van der Waals surface area (Å²) in [6, 6.07) is 6.01. The van der Waals surface area contributed by atoms with Crippen LogP contribution < -0.4 is 10.6 Å². The molecule has 154 valence electrons. The number of benzene rings is 1. The lowest BCUT2D eigenvalue weighted by Gasteiger charge is -2.32. The Kier molecular flexibility index (Phi) is 5.89. The lowest BCUT2D eigenvalue weighted by atomic mass is 9.98. The molecular weight excluding hydrogens is 373 g/mol. The van der Waals surface area contributed by atoms with Gasteiger partial charge in [-0.25, -0.2) is 9.37 Å². The van der Waals surface area contributed by atoms with Crippen molar-refractivity contribution >= 4 is 11.8 Å². The summed E-state index contributed by atoms with van der Waals surface area (Å²) in [4.78, 5) is 34.3. The maximum Gasteiger partial charge on any atom is 0.269 e.